The van der Waals surface area contributed by atoms with Crippen molar-refractivity contribution in [3.05, 3.63) is 72.6 Å². The van der Waals surface area contributed by atoms with Gasteiger partial charge in [-0.25, -0.2) is 14.4 Å². The zero-order chi connectivity index (χ0) is 20.5. The molecule has 5 rings (SSSR count). The molecule has 1 saturated carbocycles. The van der Waals surface area contributed by atoms with Crippen molar-refractivity contribution in [3.8, 4) is 5.69 Å². The van der Waals surface area contributed by atoms with Crippen molar-refractivity contribution < 1.29 is 9.18 Å². The number of rotatable bonds is 5. The van der Waals surface area contributed by atoms with Crippen molar-refractivity contribution in [2.24, 2.45) is 0 Å². The molecule has 2 aromatic carbocycles. The first kappa shape index (κ1) is 18.7. The molecule has 30 heavy (non-hydrogen) atoms. The van der Waals surface area contributed by atoms with E-state index in [2.05, 4.69) is 20.6 Å². The summed E-state index contributed by atoms with van der Waals surface area (Å²) >= 11 is 1.43. The number of thiazole rings is 1. The number of para-hydroxylation sites is 1. The monoisotopic (exact) mass is 421 g/mol. The largest absolute Gasteiger partial charge is 0.357 e. The van der Waals surface area contributed by atoms with Crippen molar-refractivity contribution in [3.63, 3.8) is 0 Å². The highest BCUT2D eigenvalue weighted by molar-refractivity contribution is 7.22. The van der Waals surface area contributed by atoms with Crippen LogP contribution in [0.1, 0.15) is 29.6 Å². The van der Waals surface area contributed by atoms with Gasteiger partial charge in [0.2, 0.25) is 0 Å². The van der Waals surface area contributed by atoms with E-state index in [1.165, 1.54) is 23.5 Å². The number of fused-ring (bicyclic) bond motifs is 1. The van der Waals surface area contributed by atoms with Crippen LogP contribution in [0.2, 0.25) is 0 Å². The zero-order valence-electron chi connectivity index (χ0n) is 16.1. The Balaban J connectivity index is 1.33. The smallest absolute Gasteiger partial charge is 0.253 e. The maximum Gasteiger partial charge on any atom is 0.253 e. The number of hydrogen-bond acceptors (Lipinski definition) is 5. The van der Waals surface area contributed by atoms with Gasteiger partial charge >= 0.3 is 0 Å². The number of halogens is 1. The van der Waals surface area contributed by atoms with Crippen molar-refractivity contribution >= 4 is 32.6 Å². The number of aromatic nitrogens is 3. The Morgan fingerprint density at radius 1 is 1.17 bits per heavy atom. The number of nitrogens with one attached hydrogen (secondary N) is 2. The lowest BCUT2D eigenvalue weighted by atomic mass is 10.1. The first-order valence-corrected chi connectivity index (χ1v) is 10.7. The number of imidazole rings is 1. The van der Waals surface area contributed by atoms with Crippen LogP contribution in [0.25, 0.3) is 15.9 Å². The molecule has 0 aliphatic heterocycles. The van der Waals surface area contributed by atoms with Gasteiger partial charge in [0.15, 0.2) is 5.13 Å². The van der Waals surface area contributed by atoms with Crippen molar-refractivity contribution in [2.45, 2.75) is 31.3 Å². The molecule has 1 aliphatic carbocycles. The van der Waals surface area contributed by atoms with Crippen molar-refractivity contribution in [1.29, 1.82) is 0 Å². The van der Waals surface area contributed by atoms with E-state index in [0.717, 1.165) is 40.3 Å². The summed E-state index contributed by atoms with van der Waals surface area (Å²) in [7, 11) is 0. The fourth-order valence-corrected chi connectivity index (χ4v) is 4.92. The fourth-order valence-electron chi connectivity index (χ4n) is 3.96. The van der Waals surface area contributed by atoms with Crippen LogP contribution < -0.4 is 10.6 Å². The molecular formula is C22H20FN5OS. The number of hydrogen-bond donors (Lipinski definition) is 2. The van der Waals surface area contributed by atoms with Gasteiger partial charge in [0.25, 0.3) is 5.91 Å². The molecule has 1 fully saturated rings. The molecule has 4 aromatic rings. The number of benzene rings is 2. The van der Waals surface area contributed by atoms with Crippen LogP contribution in [-0.4, -0.2) is 32.5 Å². The second-order valence-corrected chi connectivity index (χ2v) is 8.41. The molecule has 1 aliphatic rings. The SMILES string of the molecule is O=C(N[C@H]1CCC[C@H]1Nc1nc2ccc(F)cc2s1)c1ccccc1-n1ccnc1. The lowest BCUT2D eigenvalue weighted by molar-refractivity contribution is 0.0936. The summed E-state index contributed by atoms with van der Waals surface area (Å²) in [4.78, 5) is 21.7. The van der Waals surface area contributed by atoms with Crippen molar-refractivity contribution in [2.75, 3.05) is 5.32 Å². The van der Waals surface area contributed by atoms with E-state index in [-0.39, 0.29) is 23.8 Å². The molecule has 2 N–H and O–H groups in total. The molecule has 6 nitrogen and oxygen atoms in total. The molecule has 152 valence electrons. The van der Waals surface area contributed by atoms with Gasteiger partial charge in [-0.05, 0) is 49.6 Å². The Kier molecular flexibility index (Phi) is 4.92. The molecule has 2 atom stereocenters. The van der Waals surface area contributed by atoms with Gasteiger partial charge in [-0.1, -0.05) is 23.5 Å². The first-order valence-electron chi connectivity index (χ1n) is 9.88. The molecule has 0 spiro atoms. The van der Waals surface area contributed by atoms with Gasteiger partial charge in [0.1, 0.15) is 5.82 Å². The highest BCUT2D eigenvalue weighted by atomic mass is 32.1. The average Bonchev–Trinajstić information content (AvgIpc) is 3.49. The van der Waals surface area contributed by atoms with E-state index in [9.17, 15) is 9.18 Å². The number of carbonyl (C=O) groups is 1. The number of anilines is 1. The number of amides is 1. The van der Waals surface area contributed by atoms with Crippen LogP contribution in [0.4, 0.5) is 9.52 Å². The van der Waals surface area contributed by atoms with E-state index < -0.39 is 0 Å². The van der Waals surface area contributed by atoms with E-state index >= 15 is 0 Å². The van der Waals surface area contributed by atoms with Gasteiger partial charge in [0, 0.05) is 24.5 Å². The maximum absolute atomic E-state index is 13.5. The quantitative estimate of drug-likeness (QED) is 0.502. The molecule has 0 radical (unpaired) electrons. The Hall–Kier alpha value is -3.26. The van der Waals surface area contributed by atoms with Gasteiger partial charge in [-0.3, -0.25) is 4.79 Å². The van der Waals surface area contributed by atoms with Crippen LogP contribution in [0.3, 0.4) is 0 Å². The second kappa shape index (κ2) is 7.87. The molecule has 2 heterocycles. The fraction of sp³-hybridized carbons (Fsp3) is 0.227. The van der Waals surface area contributed by atoms with E-state index in [4.69, 9.17) is 0 Å². The van der Waals surface area contributed by atoms with Crippen LogP contribution in [0, 0.1) is 5.82 Å². The summed E-state index contributed by atoms with van der Waals surface area (Å²) in [5.41, 5.74) is 2.18. The maximum atomic E-state index is 13.5. The minimum Gasteiger partial charge on any atom is -0.357 e. The lowest BCUT2D eigenvalue weighted by Gasteiger charge is -2.22. The van der Waals surface area contributed by atoms with E-state index in [1.54, 1.807) is 18.6 Å². The van der Waals surface area contributed by atoms with Gasteiger partial charge < -0.3 is 15.2 Å². The standard InChI is InChI=1S/C22H20FN5OS/c23-14-8-9-18-20(12-14)30-22(27-18)26-17-6-3-5-16(17)25-21(29)15-4-1-2-7-19(15)28-11-10-24-13-28/h1-2,4,7-13,16-17H,3,5-6H2,(H,25,29)(H,26,27)/t16-,17+/m0/s1. The molecule has 0 saturated heterocycles. The third kappa shape index (κ3) is 3.66. The van der Waals surface area contributed by atoms with Gasteiger partial charge in [-0.2, -0.15) is 0 Å². The summed E-state index contributed by atoms with van der Waals surface area (Å²) in [5, 5.41) is 7.40. The Morgan fingerprint density at radius 2 is 2.03 bits per heavy atom. The normalized spacial score (nSPS) is 18.6. The Labute approximate surface area is 176 Å². The predicted octanol–water partition coefficient (Wildman–Crippen LogP) is 4.38. The summed E-state index contributed by atoms with van der Waals surface area (Å²) in [5.74, 6) is -0.371. The number of nitrogens with zero attached hydrogens (tertiary/aromatic N) is 3. The van der Waals surface area contributed by atoms with E-state index in [1.807, 2.05) is 35.0 Å². The number of carbonyl (C=O) groups excluding carboxylic acids is 1. The third-order valence-corrected chi connectivity index (χ3v) is 6.37. The van der Waals surface area contributed by atoms with Crippen LogP contribution >= 0.6 is 11.3 Å². The van der Waals surface area contributed by atoms with Crippen LogP contribution in [-0.2, 0) is 0 Å². The highest BCUT2D eigenvalue weighted by Gasteiger charge is 2.30. The van der Waals surface area contributed by atoms with Gasteiger partial charge in [0.05, 0.1) is 27.8 Å². The minimum absolute atomic E-state index is 0.00269. The van der Waals surface area contributed by atoms with Crippen molar-refractivity contribution in [1.82, 2.24) is 19.9 Å². The highest BCUT2D eigenvalue weighted by Crippen LogP contribution is 2.30. The summed E-state index contributed by atoms with van der Waals surface area (Å²) < 4.78 is 16.1. The third-order valence-electron chi connectivity index (χ3n) is 5.42. The molecular weight excluding hydrogens is 401 g/mol. The summed E-state index contributed by atoms with van der Waals surface area (Å²) in [6.45, 7) is 0. The lowest BCUT2D eigenvalue weighted by Crippen LogP contribution is -2.43. The van der Waals surface area contributed by atoms with Gasteiger partial charge in [-0.15, -0.1) is 0 Å². The average molecular weight is 422 g/mol. The molecule has 8 heteroatoms. The minimum atomic E-state index is -0.264. The first-order chi connectivity index (χ1) is 14.7. The molecule has 2 aromatic heterocycles. The zero-order valence-corrected chi connectivity index (χ0v) is 16.9. The Bertz CT molecular complexity index is 1190. The summed E-state index contributed by atoms with van der Waals surface area (Å²) in [6.07, 6.45) is 8.05. The van der Waals surface area contributed by atoms with Crippen LogP contribution in [0.5, 0.6) is 0 Å². The second-order valence-electron chi connectivity index (χ2n) is 7.38. The molecule has 0 unspecified atom stereocenters. The molecule has 0 bridgehead atoms. The van der Waals surface area contributed by atoms with E-state index in [0.29, 0.717) is 5.56 Å². The van der Waals surface area contributed by atoms with Crippen LogP contribution in [0.15, 0.2) is 61.2 Å². The summed E-state index contributed by atoms with van der Waals surface area (Å²) in [6, 6.07) is 12.2. The topological polar surface area (TPSA) is 71.8 Å². The Morgan fingerprint density at radius 3 is 2.90 bits per heavy atom. The predicted molar refractivity (Wildman–Crippen MR) is 116 cm³/mol. The molecule has 1 amide bonds.